The van der Waals surface area contributed by atoms with Crippen molar-refractivity contribution in [1.82, 2.24) is 0 Å². The summed E-state index contributed by atoms with van der Waals surface area (Å²) in [6.45, 7) is 8.15. The van der Waals surface area contributed by atoms with Crippen LogP contribution in [0, 0.1) is 0 Å². The Hall–Kier alpha value is -6.20. The molecule has 0 heterocycles. The van der Waals surface area contributed by atoms with Crippen molar-refractivity contribution in [2.75, 3.05) is 26.4 Å². The number of aliphatic imine (C=N–C) groups is 1. The van der Waals surface area contributed by atoms with E-state index in [9.17, 15) is 19.2 Å². The Kier molecular flexibility index (Phi) is 15.9. The van der Waals surface area contributed by atoms with E-state index >= 15 is 0 Å². The number of esters is 4. The van der Waals surface area contributed by atoms with E-state index in [0.29, 0.717) is 86.2 Å². The minimum Gasteiger partial charge on any atom is -0.494 e. The summed E-state index contributed by atoms with van der Waals surface area (Å²) in [5, 5.41) is 0.206. The largest absolute Gasteiger partial charge is 0.494 e. The minimum absolute atomic E-state index is 0.183. The standard InChI is InChI=1S/C41H38ClNO10/c1-3-38(44)50-25-7-5-23-48-33-18-11-30(12-19-33)40(46)52-35-16-9-29(10-17-35)28-43-32-15-22-37(36(42)27-32)53-41(47)31-13-20-34(21-14-31)49-24-6-8-26-51-39(45)4-2/h3-4,9-22,27-28H,1-2,5-8,23-26H2/b43-28+. The summed E-state index contributed by atoms with van der Waals surface area (Å²) in [5.74, 6) is -0.263. The van der Waals surface area contributed by atoms with Gasteiger partial charge in [0.2, 0.25) is 0 Å². The van der Waals surface area contributed by atoms with Gasteiger partial charge in [-0.2, -0.15) is 0 Å². The van der Waals surface area contributed by atoms with E-state index < -0.39 is 23.9 Å². The summed E-state index contributed by atoms with van der Waals surface area (Å²) < 4.78 is 32.2. The highest BCUT2D eigenvalue weighted by atomic mass is 35.5. The molecule has 11 nitrogen and oxygen atoms in total. The number of hydrogen-bond acceptors (Lipinski definition) is 11. The number of rotatable bonds is 20. The fraction of sp³-hybridized carbons (Fsp3) is 0.195. The topological polar surface area (TPSA) is 136 Å². The van der Waals surface area contributed by atoms with Crippen LogP contribution in [-0.4, -0.2) is 56.5 Å². The molecule has 0 saturated heterocycles. The molecule has 0 bridgehead atoms. The van der Waals surface area contributed by atoms with Crippen LogP contribution >= 0.6 is 11.6 Å². The molecule has 0 aliphatic carbocycles. The Labute approximate surface area is 312 Å². The smallest absolute Gasteiger partial charge is 0.343 e. The number of nitrogens with zero attached hydrogens (tertiary/aromatic N) is 1. The molecule has 0 aliphatic heterocycles. The second-order valence-corrected chi connectivity index (χ2v) is 11.5. The zero-order valence-corrected chi connectivity index (χ0v) is 29.6. The fourth-order valence-electron chi connectivity index (χ4n) is 4.37. The van der Waals surface area contributed by atoms with Gasteiger partial charge < -0.3 is 28.4 Å². The van der Waals surface area contributed by atoms with Gasteiger partial charge in [0, 0.05) is 18.4 Å². The number of hydrogen-bond donors (Lipinski definition) is 0. The van der Waals surface area contributed by atoms with E-state index in [-0.39, 0.29) is 10.8 Å². The zero-order valence-electron chi connectivity index (χ0n) is 28.9. The van der Waals surface area contributed by atoms with Gasteiger partial charge in [-0.25, -0.2) is 19.2 Å². The normalized spacial score (nSPS) is 10.6. The first-order valence-electron chi connectivity index (χ1n) is 16.7. The third-order valence-corrected chi connectivity index (χ3v) is 7.48. The number of ether oxygens (including phenoxy) is 6. The molecule has 0 radical (unpaired) electrons. The molecule has 0 aromatic heterocycles. The molecule has 0 spiro atoms. The van der Waals surface area contributed by atoms with Crippen molar-refractivity contribution >= 4 is 47.4 Å². The number of unbranched alkanes of at least 4 members (excludes halogenated alkanes) is 2. The fourth-order valence-corrected chi connectivity index (χ4v) is 4.59. The van der Waals surface area contributed by atoms with E-state index in [4.69, 9.17) is 40.0 Å². The number of carbonyl (C=O) groups excluding carboxylic acids is 4. The van der Waals surface area contributed by atoms with E-state index in [1.807, 2.05) is 0 Å². The second kappa shape index (κ2) is 21.2. The highest BCUT2D eigenvalue weighted by Crippen LogP contribution is 2.30. The van der Waals surface area contributed by atoms with E-state index in [1.165, 1.54) is 0 Å². The van der Waals surface area contributed by atoms with Crippen molar-refractivity contribution in [3.05, 3.63) is 138 Å². The molecule has 0 amide bonds. The van der Waals surface area contributed by atoms with Gasteiger partial charge in [0.05, 0.1) is 48.3 Å². The average Bonchev–Trinajstić information content (AvgIpc) is 3.18. The molecule has 274 valence electrons. The Bertz CT molecular complexity index is 1890. The highest BCUT2D eigenvalue weighted by molar-refractivity contribution is 6.32. The van der Waals surface area contributed by atoms with Gasteiger partial charge in [0.25, 0.3) is 0 Å². The van der Waals surface area contributed by atoms with E-state index in [0.717, 1.165) is 17.7 Å². The molecule has 0 atom stereocenters. The Morgan fingerprint density at radius 2 is 1.06 bits per heavy atom. The molecule has 53 heavy (non-hydrogen) atoms. The van der Waals surface area contributed by atoms with Crippen molar-refractivity contribution in [3.63, 3.8) is 0 Å². The minimum atomic E-state index is -0.584. The van der Waals surface area contributed by atoms with Crippen LogP contribution < -0.4 is 18.9 Å². The maximum Gasteiger partial charge on any atom is 0.343 e. The maximum absolute atomic E-state index is 12.7. The average molecular weight is 740 g/mol. The molecule has 0 saturated carbocycles. The number of benzene rings is 4. The summed E-state index contributed by atoms with van der Waals surface area (Å²) in [6, 6.07) is 24.7. The van der Waals surface area contributed by atoms with Gasteiger partial charge in [-0.1, -0.05) is 24.8 Å². The van der Waals surface area contributed by atoms with Gasteiger partial charge in [-0.3, -0.25) is 4.99 Å². The number of halogens is 1. The van der Waals surface area contributed by atoms with Crippen LogP contribution in [0.5, 0.6) is 23.0 Å². The zero-order chi connectivity index (χ0) is 37.8. The predicted molar refractivity (Wildman–Crippen MR) is 200 cm³/mol. The molecule has 4 aromatic rings. The lowest BCUT2D eigenvalue weighted by atomic mass is 10.2. The summed E-state index contributed by atoms with van der Waals surface area (Å²) in [6.07, 6.45) is 6.56. The third kappa shape index (κ3) is 13.8. The highest BCUT2D eigenvalue weighted by Gasteiger charge is 2.13. The summed E-state index contributed by atoms with van der Waals surface area (Å²) >= 11 is 6.39. The van der Waals surface area contributed by atoms with Crippen molar-refractivity contribution in [2.45, 2.75) is 25.7 Å². The Balaban J connectivity index is 1.19. The van der Waals surface area contributed by atoms with Crippen LogP contribution in [0.1, 0.15) is 52.0 Å². The third-order valence-electron chi connectivity index (χ3n) is 7.19. The van der Waals surface area contributed by atoms with Crippen LogP contribution in [0.3, 0.4) is 0 Å². The van der Waals surface area contributed by atoms with Gasteiger partial charge in [-0.05, 0) is 122 Å². The Morgan fingerprint density at radius 3 is 1.55 bits per heavy atom. The second-order valence-electron chi connectivity index (χ2n) is 11.1. The van der Waals surface area contributed by atoms with Crippen molar-refractivity contribution in [2.24, 2.45) is 4.99 Å². The lowest BCUT2D eigenvalue weighted by Gasteiger charge is -2.09. The predicted octanol–water partition coefficient (Wildman–Crippen LogP) is 8.31. The van der Waals surface area contributed by atoms with Crippen LogP contribution in [0.4, 0.5) is 5.69 Å². The monoisotopic (exact) mass is 739 g/mol. The first-order valence-corrected chi connectivity index (χ1v) is 17.0. The summed E-state index contributed by atoms with van der Waals surface area (Å²) in [5.41, 5.74) is 1.97. The molecule has 0 N–H and O–H groups in total. The SMILES string of the molecule is C=CC(=O)OCCCCOc1ccc(C(=O)Oc2ccc(/C=N/c3ccc(OC(=O)c4ccc(OCCCCOC(=O)C=C)cc4)c(Cl)c3)cc2)cc1. The maximum atomic E-state index is 12.7. The molecular weight excluding hydrogens is 702 g/mol. The molecule has 4 aromatic carbocycles. The van der Waals surface area contributed by atoms with Gasteiger partial charge in [-0.15, -0.1) is 0 Å². The molecule has 4 rings (SSSR count). The van der Waals surface area contributed by atoms with E-state index in [2.05, 4.69) is 18.2 Å². The van der Waals surface area contributed by atoms with Crippen molar-refractivity contribution < 1.29 is 47.6 Å². The van der Waals surface area contributed by atoms with Crippen LogP contribution in [-0.2, 0) is 19.1 Å². The van der Waals surface area contributed by atoms with Gasteiger partial charge >= 0.3 is 23.9 Å². The Morgan fingerprint density at radius 1 is 0.585 bits per heavy atom. The molecular formula is C41H38ClNO10. The first-order chi connectivity index (χ1) is 25.7. The van der Waals surface area contributed by atoms with Crippen molar-refractivity contribution in [1.29, 1.82) is 0 Å². The lowest BCUT2D eigenvalue weighted by Crippen LogP contribution is -2.09. The molecule has 0 fully saturated rings. The lowest BCUT2D eigenvalue weighted by molar-refractivity contribution is -0.138. The van der Waals surface area contributed by atoms with Crippen LogP contribution in [0.2, 0.25) is 5.02 Å². The molecule has 0 unspecified atom stereocenters. The summed E-state index contributed by atoms with van der Waals surface area (Å²) in [7, 11) is 0. The van der Waals surface area contributed by atoms with E-state index in [1.54, 1.807) is 97.2 Å². The molecule has 0 aliphatic rings. The van der Waals surface area contributed by atoms with Gasteiger partial charge in [0.15, 0.2) is 0 Å². The summed E-state index contributed by atoms with van der Waals surface area (Å²) in [4.78, 5) is 51.9. The van der Waals surface area contributed by atoms with Crippen LogP contribution in [0.25, 0.3) is 0 Å². The quantitative estimate of drug-likeness (QED) is 0.0286. The van der Waals surface area contributed by atoms with Crippen LogP contribution in [0.15, 0.2) is 121 Å². The van der Waals surface area contributed by atoms with Gasteiger partial charge in [0.1, 0.15) is 23.0 Å². The molecule has 12 heteroatoms. The number of carbonyl (C=O) groups is 4. The van der Waals surface area contributed by atoms with Crippen molar-refractivity contribution in [3.8, 4) is 23.0 Å². The first kappa shape index (κ1) is 39.6.